The van der Waals surface area contributed by atoms with Gasteiger partial charge in [0.1, 0.15) is 17.7 Å². The molecule has 2 fully saturated rings. The third-order valence-electron chi connectivity index (χ3n) is 7.79. The van der Waals surface area contributed by atoms with Gasteiger partial charge in [-0.25, -0.2) is 5.01 Å². The number of esters is 1. The molecule has 0 radical (unpaired) electrons. The fraction of sp³-hybridized carbons (Fsp3) is 0.424. The molecule has 2 N–H and O–H groups in total. The Morgan fingerprint density at radius 1 is 1.00 bits per heavy atom. The maximum Gasteiger partial charge on any atom is 0.308 e. The van der Waals surface area contributed by atoms with Gasteiger partial charge in [-0.2, -0.15) is 4.68 Å². The highest BCUT2D eigenvalue weighted by atomic mass is 32.2. The van der Waals surface area contributed by atoms with Crippen LogP contribution in [0.1, 0.15) is 63.2 Å². The zero-order valence-corrected chi connectivity index (χ0v) is 28.2. The standard InChI is InChI=1S/C33H38N8O7S/c1-33(2,3)48-28(44)19-24(26(42)20-49-32-36-37-38-40(32)22-13-8-5-9-14-22)35-30(46)25-15-10-18-39-27(43)17-16-23(31(47)41(25)39)34-29(45)21-11-6-4-7-12-21/h4-9,11-14,23-25H,10,15-20H2,1-3H3,(H,34,45)(H,35,46)/t23-,24-,25-/m0/s1. The highest BCUT2D eigenvalue weighted by Crippen LogP contribution is 2.26. The number of nitrogens with one attached hydrogen (secondary N) is 2. The Balaban J connectivity index is 1.34. The van der Waals surface area contributed by atoms with Crippen LogP contribution in [-0.4, -0.2) is 102 Å². The molecule has 2 aliphatic heterocycles. The Hall–Kier alpha value is -5.12. The number of rotatable bonds is 11. The lowest BCUT2D eigenvalue weighted by Gasteiger charge is -2.43. The second-order valence-corrected chi connectivity index (χ2v) is 13.5. The van der Waals surface area contributed by atoms with E-state index in [1.165, 1.54) is 9.69 Å². The molecule has 3 atom stereocenters. The molecular formula is C33H38N8O7S. The van der Waals surface area contributed by atoms with Crippen LogP contribution in [0, 0.1) is 0 Å². The molecule has 0 unspecified atom stereocenters. The van der Waals surface area contributed by atoms with E-state index in [4.69, 9.17) is 4.74 Å². The van der Waals surface area contributed by atoms with Gasteiger partial charge in [-0.3, -0.25) is 33.8 Å². The van der Waals surface area contributed by atoms with Crippen LogP contribution in [0.15, 0.2) is 65.8 Å². The number of ether oxygens (including phenoxy) is 1. The summed E-state index contributed by atoms with van der Waals surface area (Å²) in [6.45, 7) is 5.27. The van der Waals surface area contributed by atoms with Gasteiger partial charge in [0.2, 0.25) is 17.0 Å². The van der Waals surface area contributed by atoms with E-state index < -0.39 is 59.6 Å². The number of fused-ring (bicyclic) bond motifs is 1. The van der Waals surface area contributed by atoms with Crippen molar-refractivity contribution in [1.29, 1.82) is 0 Å². The molecule has 3 aromatic rings. The second kappa shape index (κ2) is 15.4. The van der Waals surface area contributed by atoms with Crippen LogP contribution in [0.25, 0.3) is 5.69 Å². The number of ketones is 1. The van der Waals surface area contributed by atoms with Gasteiger partial charge in [-0.1, -0.05) is 48.2 Å². The number of carbonyl (C=O) groups excluding carboxylic acids is 6. The minimum absolute atomic E-state index is 0.0181. The minimum atomic E-state index is -1.32. The largest absolute Gasteiger partial charge is 0.460 e. The van der Waals surface area contributed by atoms with E-state index in [2.05, 4.69) is 26.2 Å². The number of aromatic nitrogens is 4. The number of Topliss-reactive ketones (excluding diaryl/α,β-unsaturated/α-hetero) is 1. The molecule has 4 amide bonds. The second-order valence-electron chi connectivity index (χ2n) is 12.6. The summed E-state index contributed by atoms with van der Waals surface area (Å²) in [7, 11) is 0. The molecule has 2 aliphatic rings. The van der Waals surface area contributed by atoms with Crippen molar-refractivity contribution >= 4 is 47.1 Å². The SMILES string of the molecule is CC(C)(C)OC(=O)C[C@H](NC(=O)[C@@H]1CCCN2C(=O)CC[C@H](NC(=O)c3ccccc3)C(=O)N12)C(=O)CSc1nnnn1-c1ccccc1. The van der Waals surface area contributed by atoms with Crippen LogP contribution >= 0.6 is 11.8 Å². The van der Waals surface area contributed by atoms with Crippen LogP contribution in [0.4, 0.5) is 0 Å². The number of carbonyl (C=O) groups is 6. The number of thioether (sulfide) groups is 1. The lowest BCUT2D eigenvalue weighted by molar-refractivity contribution is -0.176. The zero-order valence-electron chi connectivity index (χ0n) is 27.4. The normalized spacial score (nSPS) is 18.6. The van der Waals surface area contributed by atoms with E-state index in [0.717, 1.165) is 16.8 Å². The number of hydrogen-bond acceptors (Lipinski definition) is 11. The Bertz CT molecular complexity index is 1700. The Labute approximate surface area is 287 Å². The first kappa shape index (κ1) is 35.2. The van der Waals surface area contributed by atoms with Crippen molar-refractivity contribution in [3.63, 3.8) is 0 Å². The third-order valence-corrected chi connectivity index (χ3v) is 8.73. The van der Waals surface area contributed by atoms with Gasteiger partial charge in [0.05, 0.1) is 23.9 Å². The number of hydrazine groups is 1. The van der Waals surface area contributed by atoms with Gasteiger partial charge < -0.3 is 15.4 Å². The van der Waals surface area contributed by atoms with Crippen LogP contribution in [0.3, 0.4) is 0 Å². The summed E-state index contributed by atoms with van der Waals surface area (Å²) in [5.41, 5.74) is 0.177. The van der Waals surface area contributed by atoms with Crippen molar-refractivity contribution in [2.75, 3.05) is 12.3 Å². The van der Waals surface area contributed by atoms with Crippen molar-refractivity contribution in [1.82, 2.24) is 40.9 Å². The van der Waals surface area contributed by atoms with Gasteiger partial charge in [0.15, 0.2) is 5.78 Å². The van der Waals surface area contributed by atoms with E-state index in [-0.39, 0.29) is 37.5 Å². The molecular weight excluding hydrogens is 652 g/mol. The molecule has 0 aliphatic carbocycles. The van der Waals surface area contributed by atoms with Crippen LogP contribution in [0.5, 0.6) is 0 Å². The van der Waals surface area contributed by atoms with E-state index in [1.54, 1.807) is 63.2 Å². The minimum Gasteiger partial charge on any atom is -0.460 e. The summed E-state index contributed by atoms with van der Waals surface area (Å²) < 4.78 is 6.91. The predicted molar refractivity (Wildman–Crippen MR) is 176 cm³/mol. The first-order chi connectivity index (χ1) is 23.4. The van der Waals surface area contributed by atoms with Crippen molar-refractivity contribution in [2.45, 2.75) is 81.8 Å². The monoisotopic (exact) mass is 690 g/mol. The Morgan fingerprint density at radius 2 is 1.69 bits per heavy atom. The molecule has 0 bridgehead atoms. The zero-order chi connectivity index (χ0) is 35.1. The lowest BCUT2D eigenvalue weighted by Crippen LogP contribution is -2.64. The molecule has 1 aromatic heterocycles. The molecule has 2 aromatic carbocycles. The maximum absolute atomic E-state index is 13.9. The van der Waals surface area contributed by atoms with Crippen LogP contribution < -0.4 is 10.6 Å². The van der Waals surface area contributed by atoms with E-state index in [1.807, 2.05) is 18.2 Å². The van der Waals surface area contributed by atoms with Gasteiger partial charge in [0, 0.05) is 18.5 Å². The topological polar surface area (TPSA) is 186 Å². The average Bonchev–Trinajstić information content (AvgIpc) is 3.52. The summed E-state index contributed by atoms with van der Waals surface area (Å²) in [4.78, 5) is 80.5. The first-order valence-corrected chi connectivity index (χ1v) is 16.9. The fourth-order valence-corrected chi connectivity index (χ4v) is 6.37. The van der Waals surface area contributed by atoms with Crippen molar-refractivity contribution in [3.05, 3.63) is 66.2 Å². The number of tetrazole rings is 1. The number of nitrogens with zero attached hydrogens (tertiary/aromatic N) is 6. The first-order valence-electron chi connectivity index (χ1n) is 15.9. The quantitative estimate of drug-likeness (QED) is 0.221. The molecule has 3 heterocycles. The summed E-state index contributed by atoms with van der Waals surface area (Å²) >= 11 is 1.03. The lowest BCUT2D eigenvalue weighted by atomic mass is 10.0. The van der Waals surface area contributed by atoms with Crippen molar-refractivity contribution < 1.29 is 33.5 Å². The molecule has 16 heteroatoms. The van der Waals surface area contributed by atoms with E-state index in [9.17, 15) is 28.8 Å². The number of benzene rings is 2. The Morgan fingerprint density at radius 3 is 2.39 bits per heavy atom. The number of para-hydroxylation sites is 1. The third kappa shape index (κ3) is 8.87. The summed E-state index contributed by atoms with van der Waals surface area (Å²) in [5, 5.41) is 19.8. The summed E-state index contributed by atoms with van der Waals surface area (Å²) in [6.07, 6.45) is 0.170. The van der Waals surface area contributed by atoms with Gasteiger partial charge in [-0.15, -0.1) is 5.10 Å². The highest BCUT2D eigenvalue weighted by Gasteiger charge is 2.45. The smallest absolute Gasteiger partial charge is 0.308 e. The summed E-state index contributed by atoms with van der Waals surface area (Å²) in [5.74, 6) is -3.61. The van der Waals surface area contributed by atoms with Crippen LogP contribution in [-0.2, 0) is 28.7 Å². The number of hydrogen-bond donors (Lipinski definition) is 2. The molecule has 258 valence electrons. The van der Waals surface area contributed by atoms with Crippen molar-refractivity contribution in [3.8, 4) is 5.69 Å². The van der Waals surface area contributed by atoms with Gasteiger partial charge in [0.25, 0.3) is 11.8 Å². The van der Waals surface area contributed by atoms with E-state index >= 15 is 0 Å². The Kier molecular flexibility index (Phi) is 11.1. The highest BCUT2D eigenvalue weighted by molar-refractivity contribution is 7.99. The van der Waals surface area contributed by atoms with Crippen molar-refractivity contribution in [2.24, 2.45) is 0 Å². The van der Waals surface area contributed by atoms with Gasteiger partial charge >= 0.3 is 5.97 Å². The molecule has 0 saturated carbocycles. The van der Waals surface area contributed by atoms with E-state index in [0.29, 0.717) is 22.8 Å². The maximum atomic E-state index is 13.9. The molecule has 2 saturated heterocycles. The average molecular weight is 691 g/mol. The van der Waals surface area contributed by atoms with Crippen LogP contribution in [0.2, 0.25) is 0 Å². The molecule has 15 nitrogen and oxygen atoms in total. The predicted octanol–water partition coefficient (Wildman–Crippen LogP) is 1.87. The summed E-state index contributed by atoms with van der Waals surface area (Å²) in [6, 6.07) is 13.9. The molecule has 5 rings (SSSR count). The molecule has 49 heavy (non-hydrogen) atoms. The van der Waals surface area contributed by atoms with Gasteiger partial charge in [-0.05, 0) is 74.7 Å². The number of amides is 4. The fourth-order valence-electron chi connectivity index (χ4n) is 5.54. The molecule has 0 spiro atoms.